The third kappa shape index (κ3) is 4.88. The molecule has 1 rings (SSSR count). The van der Waals surface area contributed by atoms with Crippen molar-refractivity contribution in [3.05, 3.63) is 35.4 Å². The Bertz CT molecular complexity index is 359. The van der Waals surface area contributed by atoms with Crippen LogP contribution in [0.25, 0.3) is 0 Å². The molecule has 100 valence electrons. The zero-order valence-electron chi connectivity index (χ0n) is 11.6. The van der Waals surface area contributed by atoms with E-state index in [4.69, 9.17) is 0 Å². The molecule has 0 heterocycles. The summed E-state index contributed by atoms with van der Waals surface area (Å²) in [5.41, 5.74) is 2.68. The van der Waals surface area contributed by atoms with E-state index in [9.17, 15) is 4.79 Å². The molecule has 0 aliphatic rings. The monoisotopic (exact) mass is 248 g/mol. The van der Waals surface area contributed by atoms with E-state index in [0.29, 0.717) is 12.6 Å². The fourth-order valence-electron chi connectivity index (χ4n) is 1.97. The summed E-state index contributed by atoms with van der Waals surface area (Å²) in [5.74, 6) is 0.0251. The molecule has 1 atom stereocenters. The van der Waals surface area contributed by atoms with Crippen molar-refractivity contribution in [2.75, 3.05) is 13.1 Å². The molecule has 0 spiro atoms. The Hall–Kier alpha value is -1.35. The maximum Gasteiger partial charge on any atom is 0.216 e. The first kappa shape index (κ1) is 14.7. The molecular formula is C15H24N2O. The molecule has 0 fully saturated rings. The van der Waals surface area contributed by atoms with E-state index in [1.54, 1.807) is 6.92 Å². The second-order valence-corrected chi connectivity index (χ2v) is 4.49. The summed E-state index contributed by atoms with van der Waals surface area (Å²) < 4.78 is 0. The van der Waals surface area contributed by atoms with Gasteiger partial charge in [-0.15, -0.1) is 0 Å². The number of benzene rings is 1. The van der Waals surface area contributed by atoms with E-state index in [-0.39, 0.29) is 5.91 Å². The maximum absolute atomic E-state index is 10.8. The van der Waals surface area contributed by atoms with E-state index in [1.165, 1.54) is 11.1 Å². The number of amides is 1. The first-order valence-corrected chi connectivity index (χ1v) is 6.74. The zero-order valence-corrected chi connectivity index (χ0v) is 11.6. The molecule has 0 saturated heterocycles. The van der Waals surface area contributed by atoms with Crippen molar-refractivity contribution in [3.8, 4) is 0 Å². The Balaban J connectivity index is 2.46. The van der Waals surface area contributed by atoms with Gasteiger partial charge in [0, 0.05) is 26.1 Å². The Morgan fingerprint density at radius 3 is 2.33 bits per heavy atom. The molecule has 1 amide bonds. The largest absolute Gasteiger partial charge is 0.355 e. The first-order valence-electron chi connectivity index (χ1n) is 6.74. The number of rotatable bonds is 7. The lowest BCUT2D eigenvalue weighted by Gasteiger charge is -2.18. The van der Waals surface area contributed by atoms with Crippen LogP contribution in [0.1, 0.15) is 44.4 Å². The highest BCUT2D eigenvalue weighted by Crippen LogP contribution is 2.17. The van der Waals surface area contributed by atoms with Gasteiger partial charge in [0.15, 0.2) is 0 Å². The van der Waals surface area contributed by atoms with Gasteiger partial charge in [-0.3, -0.25) is 4.79 Å². The lowest BCUT2D eigenvalue weighted by atomic mass is 10.0. The second kappa shape index (κ2) is 7.88. The number of hydrogen-bond acceptors (Lipinski definition) is 2. The summed E-state index contributed by atoms with van der Waals surface area (Å²) in [6, 6.07) is 9.13. The Morgan fingerprint density at radius 1 is 1.17 bits per heavy atom. The van der Waals surface area contributed by atoms with E-state index >= 15 is 0 Å². The fraction of sp³-hybridized carbons (Fsp3) is 0.533. The molecule has 0 radical (unpaired) electrons. The molecule has 1 aromatic rings. The smallest absolute Gasteiger partial charge is 0.216 e. The predicted molar refractivity (Wildman–Crippen MR) is 75.5 cm³/mol. The van der Waals surface area contributed by atoms with E-state index < -0.39 is 0 Å². The van der Waals surface area contributed by atoms with Crippen LogP contribution in [0.2, 0.25) is 0 Å². The number of carbonyl (C=O) groups excluding carboxylic acids is 1. The van der Waals surface area contributed by atoms with Crippen LogP contribution in [0.4, 0.5) is 0 Å². The predicted octanol–water partition coefficient (Wildman–Crippen LogP) is 2.43. The first-order chi connectivity index (χ1) is 8.67. The van der Waals surface area contributed by atoms with Crippen molar-refractivity contribution in [1.29, 1.82) is 0 Å². The van der Waals surface area contributed by atoms with Gasteiger partial charge in [0.25, 0.3) is 0 Å². The highest BCUT2D eigenvalue weighted by molar-refractivity contribution is 5.72. The summed E-state index contributed by atoms with van der Waals surface area (Å²) in [4.78, 5) is 10.8. The van der Waals surface area contributed by atoms with Gasteiger partial charge in [0.2, 0.25) is 5.91 Å². The lowest BCUT2D eigenvalue weighted by Crippen LogP contribution is -2.32. The topological polar surface area (TPSA) is 41.1 Å². The Morgan fingerprint density at radius 2 is 1.83 bits per heavy atom. The van der Waals surface area contributed by atoms with Crippen molar-refractivity contribution in [1.82, 2.24) is 10.6 Å². The lowest BCUT2D eigenvalue weighted by molar-refractivity contribution is -0.118. The molecule has 0 aromatic heterocycles. The second-order valence-electron chi connectivity index (χ2n) is 4.49. The molecule has 3 heteroatoms. The summed E-state index contributed by atoms with van der Waals surface area (Å²) in [6.45, 7) is 7.36. The fourth-order valence-corrected chi connectivity index (χ4v) is 1.97. The van der Waals surface area contributed by atoms with Crippen LogP contribution < -0.4 is 10.6 Å². The third-order valence-electron chi connectivity index (χ3n) is 3.09. The van der Waals surface area contributed by atoms with Crippen LogP contribution in [0, 0.1) is 0 Å². The van der Waals surface area contributed by atoms with E-state index in [1.807, 2.05) is 0 Å². The molecule has 1 unspecified atom stereocenters. The number of aryl methyl sites for hydroxylation is 1. The Kier molecular flexibility index (Phi) is 6.44. The van der Waals surface area contributed by atoms with Gasteiger partial charge in [-0.1, -0.05) is 38.1 Å². The third-order valence-corrected chi connectivity index (χ3v) is 3.09. The standard InChI is InChI=1S/C15H24N2O/c1-4-13-6-8-14(9-7-13)15(5-2)17-11-10-16-12(3)18/h6-9,15,17H,4-5,10-11H2,1-3H3,(H,16,18). The average Bonchev–Trinajstić information content (AvgIpc) is 2.39. The Labute approximate surface area is 110 Å². The molecule has 0 aliphatic carbocycles. The summed E-state index contributed by atoms with van der Waals surface area (Å²) in [5, 5.41) is 6.26. The highest BCUT2D eigenvalue weighted by Gasteiger charge is 2.07. The minimum Gasteiger partial charge on any atom is -0.355 e. The number of carbonyl (C=O) groups is 1. The van der Waals surface area contributed by atoms with Crippen LogP contribution >= 0.6 is 0 Å². The molecule has 0 aliphatic heterocycles. The number of hydrogen-bond donors (Lipinski definition) is 2. The molecule has 2 N–H and O–H groups in total. The van der Waals surface area contributed by atoms with E-state index in [2.05, 4.69) is 48.7 Å². The minimum atomic E-state index is 0.0251. The zero-order chi connectivity index (χ0) is 13.4. The maximum atomic E-state index is 10.8. The van der Waals surface area contributed by atoms with Crippen LogP contribution in [0.5, 0.6) is 0 Å². The van der Waals surface area contributed by atoms with Crippen LogP contribution in [0.3, 0.4) is 0 Å². The van der Waals surface area contributed by atoms with Gasteiger partial charge in [-0.2, -0.15) is 0 Å². The van der Waals surface area contributed by atoms with Crippen molar-refractivity contribution < 1.29 is 4.79 Å². The molecule has 0 saturated carbocycles. The van der Waals surface area contributed by atoms with Crippen molar-refractivity contribution in [3.63, 3.8) is 0 Å². The molecule has 0 bridgehead atoms. The summed E-state index contributed by atoms with van der Waals surface area (Å²) in [7, 11) is 0. The minimum absolute atomic E-state index is 0.0251. The summed E-state index contributed by atoms with van der Waals surface area (Å²) in [6.07, 6.45) is 2.12. The quantitative estimate of drug-likeness (QED) is 0.728. The van der Waals surface area contributed by atoms with Gasteiger partial charge in [0.1, 0.15) is 0 Å². The van der Waals surface area contributed by atoms with Gasteiger partial charge in [0.05, 0.1) is 0 Å². The molecule has 18 heavy (non-hydrogen) atoms. The van der Waals surface area contributed by atoms with Crippen molar-refractivity contribution >= 4 is 5.91 Å². The normalized spacial score (nSPS) is 12.2. The molecule has 3 nitrogen and oxygen atoms in total. The number of nitrogens with one attached hydrogen (secondary N) is 2. The average molecular weight is 248 g/mol. The summed E-state index contributed by atoms with van der Waals surface area (Å²) >= 11 is 0. The van der Waals surface area contributed by atoms with Crippen LogP contribution in [-0.4, -0.2) is 19.0 Å². The molecular weight excluding hydrogens is 224 g/mol. The van der Waals surface area contributed by atoms with Crippen LogP contribution in [-0.2, 0) is 11.2 Å². The SMILES string of the molecule is CCc1ccc(C(CC)NCCNC(C)=O)cc1. The van der Waals surface area contributed by atoms with Gasteiger partial charge in [-0.05, 0) is 24.0 Å². The van der Waals surface area contributed by atoms with Gasteiger partial charge < -0.3 is 10.6 Å². The van der Waals surface area contributed by atoms with Gasteiger partial charge in [-0.25, -0.2) is 0 Å². The van der Waals surface area contributed by atoms with Crippen molar-refractivity contribution in [2.24, 2.45) is 0 Å². The highest BCUT2D eigenvalue weighted by atomic mass is 16.1. The van der Waals surface area contributed by atoms with Crippen molar-refractivity contribution in [2.45, 2.75) is 39.7 Å². The van der Waals surface area contributed by atoms with Gasteiger partial charge >= 0.3 is 0 Å². The van der Waals surface area contributed by atoms with Crippen LogP contribution in [0.15, 0.2) is 24.3 Å². The van der Waals surface area contributed by atoms with E-state index in [0.717, 1.165) is 19.4 Å². The molecule has 1 aromatic carbocycles.